The lowest BCUT2D eigenvalue weighted by molar-refractivity contribution is 0.227. The number of rotatable bonds is 8. The number of alkyl halides is 2. The summed E-state index contributed by atoms with van der Waals surface area (Å²) in [6.45, 7) is 1.06. The summed E-state index contributed by atoms with van der Waals surface area (Å²) in [5, 5.41) is 0. The quantitative estimate of drug-likeness (QED) is 0.263. The predicted molar refractivity (Wildman–Crippen MR) is 66.5 cm³/mol. The molecular weight excluding hydrogens is 405 g/mol. The maximum atomic E-state index is 10.9. The summed E-state index contributed by atoms with van der Waals surface area (Å²) in [7, 11) is -1.86. The van der Waals surface area contributed by atoms with Gasteiger partial charge in [0.1, 0.15) is 13.2 Å². The van der Waals surface area contributed by atoms with E-state index < -0.39 is 8.25 Å². The Balaban J connectivity index is 3.10. The third-order valence-electron chi connectivity index (χ3n) is 0.949. The van der Waals surface area contributed by atoms with Crippen LogP contribution in [0.4, 0.5) is 0 Å². The van der Waals surface area contributed by atoms with Gasteiger partial charge in [-0.2, -0.15) is 0 Å². The van der Waals surface area contributed by atoms with Crippen molar-refractivity contribution in [3.05, 3.63) is 0 Å². The van der Waals surface area contributed by atoms with Crippen LogP contribution in [0.2, 0.25) is 0 Å². The standard InChI is InChI=1S/C6H12I2O3P/c7-3-1-5-10-12(9)11-6-2-4-8/h1-6H2/q+1. The number of hydrogen-bond donors (Lipinski definition) is 0. The summed E-state index contributed by atoms with van der Waals surface area (Å²) < 4.78 is 22.8. The molecule has 0 fully saturated rings. The van der Waals surface area contributed by atoms with Crippen LogP contribution in [-0.4, -0.2) is 22.1 Å². The molecule has 12 heavy (non-hydrogen) atoms. The molecule has 0 aromatic carbocycles. The lowest BCUT2D eigenvalue weighted by Crippen LogP contribution is -1.91. The molecule has 0 aromatic heterocycles. The van der Waals surface area contributed by atoms with Gasteiger partial charge in [0, 0.05) is 13.4 Å². The van der Waals surface area contributed by atoms with Crippen molar-refractivity contribution < 1.29 is 13.6 Å². The summed E-state index contributed by atoms with van der Waals surface area (Å²) in [6, 6.07) is 0. The van der Waals surface area contributed by atoms with Gasteiger partial charge in [0.15, 0.2) is 0 Å². The first-order chi connectivity index (χ1) is 5.81. The average molecular weight is 417 g/mol. The zero-order valence-corrected chi connectivity index (χ0v) is 11.9. The predicted octanol–water partition coefficient (Wildman–Crippen LogP) is 3.33. The van der Waals surface area contributed by atoms with E-state index in [4.69, 9.17) is 9.05 Å². The SMILES string of the molecule is O=[P+](OCCCI)OCCCI. The first-order valence-electron chi connectivity index (χ1n) is 3.66. The van der Waals surface area contributed by atoms with Crippen LogP contribution < -0.4 is 0 Å². The molecule has 0 aliphatic heterocycles. The van der Waals surface area contributed by atoms with E-state index in [0.29, 0.717) is 13.2 Å². The molecule has 0 heterocycles. The van der Waals surface area contributed by atoms with Gasteiger partial charge in [0.2, 0.25) is 0 Å². The molecule has 0 bridgehead atoms. The van der Waals surface area contributed by atoms with E-state index in [2.05, 4.69) is 45.2 Å². The zero-order chi connectivity index (χ0) is 9.23. The van der Waals surface area contributed by atoms with Gasteiger partial charge < -0.3 is 0 Å². The molecule has 0 amide bonds. The van der Waals surface area contributed by atoms with Gasteiger partial charge in [-0.05, 0) is 12.8 Å². The smallest absolute Gasteiger partial charge is 0.119 e. The van der Waals surface area contributed by atoms with Crippen LogP contribution in [0.25, 0.3) is 0 Å². The maximum absolute atomic E-state index is 10.9. The summed E-state index contributed by atoms with van der Waals surface area (Å²) in [4.78, 5) is 0. The fourth-order valence-corrected chi connectivity index (χ4v) is 1.68. The van der Waals surface area contributed by atoms with Gasteiger partial charge in [-0.25, -0.2) is 0 Å². The molecule has 0 saturated carbocycles. The highest BCUT2D eigenvalue weighted by Crippen LogP contribution is 2.23. The zero-order valence-electron chi connectivity index (χ0n) is 6.67. The molecular formula is C6H12I2O3P+. The van der Waals surface area contributed by atoms with Gasteiger partial charge in [-0.15, -0.1) is 9.05 Å². The van der Waals surface area contributed by atoms with E-state index in [1.807, 2.05) is 0 Å². The highest BCUT2D eigenvalue weighted by atomic mass is 127. The fraction of sp³-hybridized carbons (Fsp3) is 1.00. The summed E-state index contributed by atoms with van der Waals surface area (Å²) in [6.07, 6.45) is 1.86. The minimum atomic E-state index is -1.86. The molecule has 0 aliphatic carbocycles. The first-order valence-corrected chi connectivity index (χ1v) is 7.81. The van der Waals surface area contributed by atoms with E-state index in [-0.39, 0.29) is 0 Å². The van der Waals surface area contributed by atoms with Crippen molar-refractivity contribution in [2.75, 3.05) is 22.1 Å². The first kappa shape index (κ1) is 13.5. The van der Waals surface area contributed by atoms with Crippen LogP contribution in [0.15, 0.2) is 0 Å². The number of hydrogen-bond acceptors (Lipinski definition) is 3. The Morgan fingerprint density at radius 1 is 1.00 bits per heavy atom. The van der Waals surface area contributed by atoms with Crippen molar-refractivity contribution in [3.8, 4) is 0 Å². The van der Waals surface area contributed by atoms with E-state index >= 15 is 0 Å². The minimum absolute atomic E-state index is 0.530. The molecule has 6 heteroatoms. The molecule has 0 atom stereocenters. The Hall–Kier alpha value is 1.48. The van der Waals surface area contributed by atoms with Crippen molar-refractivity contribution in [3.63, 3.8) is 0 Å². The molecule has 0 aromatic rings. The van der Waals surface area contributed by atoms with Gasteiger partial charge in [-0.3, -0.25) is 0 Å². The van der Waals surface area contributed by atoms with Gasteiger partial charge in [0.25, 0.3) is 0 Å². The topological polar surface area (TPSA) is 35.5 Å². The summed E-state index contributed by atoms with van der Waals surface area (Å²) in [5.74, 6) is 0. The van der Waals surface area contributed by atoms with E-state index in [1.54, 1.807) is 0 Å². The molecule has 72 valence electrons. The van der Waals surface area contributed by atoms with E-state index in [9.17, 15) is 4.57 Å². The Kier molecular flexibility index (Phi) is 11.9. The van der Waals surface area contributed by atoms with Crippen LogP contribution in [0.3, 0.4) is 0 Å². The van der Waals surface area contributed by atoms with Crippen LogP contribution in [0.1, 0.15) is 12.8 Å². The minimum Gasteiger partial charge on any atom is -0.119 e. The van der Waals surface area contributed by atoms with Crippen LogP contribution in [0, 0.1) is 0 Å². The van der Waals surface area contributed by atoms with Crippen molar-refractivity contribution >= 4 is 53.4 Å². The Morgan fingerprint density at radius 2 is 1.42 bits per heavy atom. The average Bonchev–Trinajstić information content (AvgIpc) is 2.06. The monoisotopic (exact) mass is 417 g/mol. The van der Waals surface area contributed by atoms with Gasteiger partial charge >= 0.3 is 8.25 Å². The van der Waals surface area contributed by atoms with Crippen molar-refractivity contribution in [1.29, 1.82) is 0 Å². The van der Waals surface area contributed by atoms with Crippen LogP contribution >= 0.6 is 53.4 Å². The molecule has 0 spiro atoms. The molecule has 0 unspecified atom stereocenters. The molecule has 0 N–H and O–H groups in total. The Morgan fingerprint density at radius 3 is 1.75 bits per heavy atom. The van der Waals surface area contributed by atoms with Crippen molar-refractivity contribution in [1.82, 2.24) is 0 Å². The molecule has 0 aliphatic rings. The molecule has 0 saturated heterocycles. The fourth-order valence-electron chi connectivity index (χ4n) is 0.425. The molecule has 3 nitrogen and oxygen atoms in total. The Bertz CT molecular complexity index is 111. The second-order valence-corrected chi connectivity index (χ2v) is 5.10. The summed E-state index contributed by atoms with van der Waals surface area (Å²) >= 11 is 4.50. The largest absolute Gasteiger partial charge is 0.697 e. The van der Waals surface area contributed by atoms with Crippen LogP contribution in [-0.2, 0) is 13.6 Å². The third-order valence-corrected chi connectivity index (χ3v) is 3.26. The molecule has 0 radical (unpaired) electrons. The lowest BCUT2D eigenvalue weighted by Gasteiger charge is -1.89. The number of halogens is 2. The lowest BCUT2D eigenvalue weighted by atomic mass is 10.5. The highest BCUT2D eigenvalue weighted by Gasteiger charge is 2.18. The molecule has 0 rings (SSSR count). The summed E-state index contributed by atoms with van der Waals surface area (Å²) in [5.41, 5.74) is 0. The maximum Gasteiger partial charge on any atom is 0.697 e. The van der Waals surface area contributed by atoms with Crippen LogP contribution in [0.5, 0.6) is 0 Å². The van der Waals surface area contributed by atoms with Crippen molar-refractivity contribution in [2.45, 2.75) is 12.8 Å². The van der Waals surface area contributed by atoms with E-state index in [1.165, 1.54) is 0 Å². The normalized spacial score (nSPS) is 10.2. The van der Waals surface area contributed by atoms with Crippen molar-refractivity contribution in [2.24, 2.45) is 0 Å². The third kappa shape index (κ3) is 9.57. The Labute approximate surface area is 101 Å². The second kappa shape index (κ2) is 10.6. The van der Waals surface area contributed by atoms with Gasteiger partial charge in [0.05, 0.1) is 0 Å². The van der Waals surface area contributed by atoms with Gasteiger partial charge in [-0.1, -0.05) is 45.2 Å². The second-order valence-electron chi connectivity index (χ2n) is 1.98. The van der Waals surface area contributed by atoms with E-state index in [0.717, 1.165) is 21.7 Å². The highest BCUT2D eigenvalue weighted by molar-refractivity contribution is 14.1.